The lowest BCUT2D eigenvalue weighted by molar-refractivity contribution is 0.0951. The average molecular weight is 399 g/mol. The van der Waals surface area contributed by atoms with Crippen LogP contribution in [-0.2, 0) is 6.54 Å². The second kappa shape index (κ2) is 7.47. The number of nitrogens with zero attached hydrogens (tertiary/aromatic N) is 3. The second-order valence-electron chi connectivity index (χ2n) is 7.38. The number of nitrogens with two attached hydrogens (primary N) is 1. The van der Waals surface area contributed by atoms with Gasteiger partial charge in [-0.15, -0.1) is 0 Å². The van der Waals surface area contributed by atoms with Gasteiger partial charge < -0.3 is 21.4 Å². The Labute approximate surface area is 173 Å². The number of carbonyl (C=O) groups is 1. The number of imidazole rings is 1. The third-order valence-corrected chi connectivity index (χ3v) is 4.97. The molecule has 5 N–H and O–H groups in total. The highest BCUT2D eigenvalue weighted by Crippen LogP contribution is 2.23. The molecule has 0 radical (unpaired) electrons. The molecule has 0 atom stereocenters. The predicted molar refractivity (Wildman–Crippen MR) is 116 cm³/mol. The highest BCUT2D eigenvalue weighted by atomic mass is 16.1. The second-order valence-corrected chi connectivity index (χ2v) is 7.38. The summed E-state index contributed by atoms with van der Waals surface area (Å²) in [5.41, 5.74) is 10.0. The van der Waals surface area contributed by atoms with E-state index in [1.54, 1.807) is 12.1 Å². The van der Waals surface area contributed by atoms with Crippen LogP contribution in [-0.4, -0.2) is 31.9 Å². The van der Waals surface area contributed by atoms with Crippen LogP contribution in [0.4, 0.5) is 11.8 Å². The van der Waals surface area contributed by atoms with E-state index in [4.69, 9.17) is 5.73 Å². The number of carbonyl (C=O) groups excluding carboxylic acids is 1. The van der Waals surface area contributed by atoms with E-state index in [1.807, 2.05) is 42.5 Å². The van der Waals surface area contributed by atoms with Gasteiger partial charge in [0.2, 0.25) is 5.95 Å². The molecule has 0 aliphatic heterocycles. The van der Waals surface area contributed by atoms with Gasteiger partial charge in [-0.3, -0.25) is 4.79 Å². The van der Waals surface area contributed by atoms with Crippen LogP contribution >= 0.6 is 0 Å². The predicted octanol–water partition coefficient (Wildman–Crippen LogP) is 3.11. The number of fused-ring (bicyclic) bond motifs is 1. The zero-order valence-corrected chi connectivity index (χ0v) is 16.2. The molecule has 5 rings (SSSR count). The Bertz CT molecular complexity index is 1180. The van der Waals surface area contributed by atoms with Crippen molar-refractivity contribution in [1.82, 2.24) is 25.3 Å². The maximum Gasteiger partial charge on any atom is 0.251 e. The van der Waals surface area contributed by atoms with Crippen LogP contribution in [0.25, 0.3) is 22.3 Å². The monoisotopic (exact) mass is 399 g/mol. The minimum Gasteiger partial charge on any atom is -0.368 e. The third-order valence-electron chi connectivity index (χ3n) is 4.97. The fourth-order valence-corrected chi connectivity index (χ4v) is 3.26. The van der Waals surface area contributed by atoms with Crippen molar-refractivity contribution in [2.45, 2.75) is 25.4 Å². The smallest absolute Gasteiger partial charge is 0.251 e. The maximum atomic E-state index is 12.2. The minimum atomic E-state index is -0.0422. The number of H-pyrrole nitrogens is 1. The van der Waals surface area contributed by atoms with Crippen LogP contribution in [0.1, 0.15) is 29.0 Å². The third kappa shape index (κ3) is 3.93. The molecule has 8 heteroatoms. The van der Waals surface area contributed by atoms with Crippen LogP contribution in [0, 0.1) is 0 Å². The van der Waals surface area contributed by atoms with E-state index >= 15 is 0 Å². The first-order chi connectivity index (χ1) is 14.6. The molecule has 0 saturated heterocycles. The van der Waals surface area contributed by atoms with Gasteiger partial charge in [-0.1, -0.05) is 24.3 Å². The summed E-state index contributed by atoms with van der Waals surface area (Å²) in [7, 11) is 0. The Morgan fingerprint density at radius 3 is 2.63 bits per heavy atom. The van der Waals surface area contributed by atoms with Gasteiger partial charge in [-0.2, -0.15) is 4.98 Å². The van der Waals surface area contributed by atoms with Crippen LogP contribution in [0.3, 0.4) is 0 Å². The maximum absolute atomic E-state index is 12.2. The summed E-state index contributed by atoms with van der Waals surface area (Å²) in [5.74, 6) is 1.55. The van der Waals surface area contributed by atoms with Crippen molar-refractivity contribution in [3.05, 3.63) is 66.0 Å². The van der Waals surface area contributed by atoms with Crippen molar-refractivity contribution in [2.24, 2.45) is 0 Å². The average Bonchev–Trinajstić information content (AvgIpc) is 3.47. The van der Waals surface area contributed by atoms with Gasteiger partial charge in [0, 0.05) is 23.2 Å². The lowest BCUT2D eigenvalue weighted by Crippen LogP contribution is -2.25. The number of benzene rings is 2. The standard InChI is InChI=1S/C22H21N7O/c23-22-28-18(13-5-7-14(8-6-13)21(30)25-15-9-10-15)11-19(29-22)24-12-20-26-16-3-1-2-4-17(16)27-20/h1-8,11,15H,9-10,12H2,(H,25,30)(H,26,27)(H3,23,24,28,29). The van der Waals surface area contributed by atoms with E-state index in [9.17, 15) is 4.79 Å². The highest BCUT2D eigenvalue weighted by Gasteiger charge is 2.23. The molecule has 1 amide bonds. The number of amides is 1. The lowest BCUT2D eigenvalue weighted by atomic mass is 10.1. The van der Waals surface area contributed by atoms with E-state index in [0.717, 1.165) is 35.3 Å². The highest BCUT2D eigenvalue weighted by molar-refractivity contribution is 5.95. The van der Waals surface area contributed by atoms with Crippen LogP contribution < -0.4 is 16.4 Å². The molecule has 0 unspecified atom stereocenters. The Morgan fingerprint density at radius 1 is 1.07 bits per heavy atom. The number of hydrogen-bond donors (Lipinski definition) is 4. The number of para-hydroxylation sites is 2. The van der Waals surface area contributed by atoms with Gasteiger partial charge in [-0.05, 0) is 37.1 Å². The molecule has 1 aliphatic carbocycles. The number of anilines is 2. The topological polar surface area (TPSA) is 122 Å². The van der Waals surface area contributed by atoms with Crippen molar-refractivity contribution >= 4 is 28.7 Å². The molecule has 1 fully saturated rings. The fourth-order valence-electron chi connectivity index (χ4n) is 3.26. The first kappa shape index (κ1) is 18.1. The Morgan fingerprint density at radius 2 is 1.87 bits per heavy atom. The summed E-state index contributed by atoms with van der Waals surface area (Å²) in [4.78, 5) is 28.6. The number of rotatable bonds is 6. The molecule has 0 spiro atoms. The molecule has 1 aliphatic rings. The first-order valence-electron chi connectivity index (χ1n) is 9.87. The van der Waals surface area contributed by atoms with Crippen LogP contribution in [0.2, 0.25) is 0 Å². The molecule has 4 aromatic rings. The van der Waals surface area contributed by atoms with Crippen molar-refractivity contribution in [3.8, 4) is 11.3 Å². The molecule has 2 aromatic heterocycles. The molecule has 2 aromatic carbocycles. The molecule has 30 heavy (non-hydrogen) atoms. The Balaban J connectivity index is 1.31. The summed E-state index contributed by atoms with van der Waals surface area (Å²) in [6.07, 6.45) is 2.13. The van der Waals surface area contributed by atoms with Crippen molar-refractivity contribution in [1.29, 1.82) is 0 Å². The van der Waals surface area contributed by atoms with E-state index < -0.39 is 0 Å². The van der Waals surface area contributed by atoms with Crippen LogP contribution in [0.15, 0.2) is 54.6 Å². The van der Waals surface area contributed by atoms with Gasteiger partial charge in [0.15, 0.2) is 0 Å². The van der Waals surface area contributed by atoms with E-state index in [1.165, 1.54) is 0 Å². The molecule has 150 valence electrons. The molecule has 2 heterocycles. The van der Waals surface area contributed by atoms with Gasteiger partial charge in [0.05, 0.1) is 23.3 Å². The molecule has 1 saturated carbocycles. The number of aromatic amines is 1. The van der Waals surface area contributed by atoms with Crippen molar-refractivity contribution in [3.63, 3.8) is 0 Å². The molecule has 0 bridgehead atoms. The normalized spacial score (nSPS) is 13.3. The number of aromatic nitrogens is 4. The number of nitrogen functional groups attached to an aromatic ring is 1. The minimum absolute atomic E-state index is 0.0422. The SMILES string of the molecule is Nc1nc(NCc2nc3ccccc3[nH]2)cc(-c2ccc(C(=O)NC3CC3)cc2)n1. The summed E-state index contributed by atoms with van der Waals surface area (Å²) < 4.78 is 0. The van der Waals surface area contributed by atoms with E-state index in [0.29, 0.717) is 29.7 Å². The first-order valence-corrected chi connectivity index (χ1v) is 9.87. The van der Waals surface area contributed by atoms with Gasteiger partial charge in [-0.25, -0.2) is 9.97 Å². The molecular formula is C22H21N7O. The zero-order chi connectivity index (χ0) is 20.5. The number of nitrogens with one attached hydrogen (secondary N) is 3. The van der Waals surface area contributed by atoms with E-state index in [-0.39, 0.29) is 11.9 Å². The summed E-state index contributed by atoms with van der Waals surface area (Å²) in [6, 6.07) is 17.4. The quantitative estimate of drug-likeness (QED) is 0.395. The largest absolute Gasteiger partial charge is 0.368 e. The number of hydrogen-bond acceptors (Lipinski definition) is 6. The molecule has 8 nitrogen and oxygen atoms in total. The van der Waals surface area contributed by atoms with Crippen LogP contribution in [0.5, 0.6) is 0 Å². The fraction of sp³-hybridized carbons (Fsp3) is 0.182. The van der Waals surface area contributed by atoms with Gasteiger partial charge in [0.1, 0.15) is 11.6 Å². The Kier molecular flexibility index (Phi) is 4.51. The summed E-state index contributed by atoms with van der Waals surface area (Å²) >= 11 is 0. The van der Waals surface area contributed by atoms with E-state index in [2.05, 4.69) is 30.6 Å². The van der Waals surface area contributed by atoms with Crippen molar-refractivity contribution in [2.75, 3.05) is 11.1 Å². The zero-order valence-electron chi connectivity index (χ0n) is 16.2. The van der Waals surface area contributed by atoms with Gasteiger partial charge >= 0.3 is 0 Å². The van der Waals surface area contributed by atoms with Crippen molar-refractivity contribution < 1.29 is 4.79 Å². The summed E-state index contributed by atoms with van der Waals surface area (Å²) in [6.45, 7) is 0.477. The Hall–Kier alpha value is -3.94. The lowest BCUT2D eigenvalue weighted by Gasteiger charge is -2.08. The van der Waals surface area contributed by atoms with Gasteiger partial charge in [0.25, 0.3) is 5.91 Å². The molecular weight excluding hydrogens is 378 g/mol. The summed E-state index contributed by atoms with van der Waals surface area (Å²) in [5, 5.41) is 6.23.